The maximum absolute atomic E-state index is 6.33. The van der Waals surface area contributed by atoms with Crippen molar-refractivity contribution in [2.45, 2.75) is 37.2 Å². The molecule has 3 rings (SSSR count). The standard InChI is InChI=1S/C9H13ClO/c10-7-6-2-5-11-8(6)9(7)3-1-4-9/h6-8H,1-5H2. The van der Waals surface area contributed by atoms with Crippen molar-refractivity contribution in [1.82, 2.24) is 0 Å². The van der Waals surface area contributed by atoms with E-state index in [9.17, 15) is 0 Å². The van der Waals surface area contributed by atoms with E-state index in [-0.39, 0.29) is 0 Å². The lowest BCUT2D eigenvalue weighted by Gasteiger charge is -2.60. The van der Waals surface area contributed by atoms with Gasteiger partial charge in [0.25, 0.3) is 0 Å². The number of fused-ring (bicyclic) bond motifs is 2. The molecule has 0 radical (unpaired) electrons. The van der Waals surface area contributed by atoms with Gasteiger partial charge in [-0.3, -0.25) is 0 Å². The van der Waals surface area contributed by atoms with Crippen molar-refractivity contribution in [3.8, 4) is 0 Å². The molecule has 3 atom stereocenters. The summed E-state index contributed by atoms with van der Waals surface area (Å²) in [6.45, 7) is 0.959. The smallest absolute Gasteiger partial charge is 0.0688 e. The first-order valence-corrected chi connectivity index (χ1v) is 5.04. The van der Waals surface area contributed by atoms with E-state index in [1.165, 1.54) is 25.7 Å². The van der Waals surface area contributed by atoms with Gasteiger partial charge in [0.1, 0.15) is 0 Å². The van der Waals surface area contributed by atoms with Crippen molar-refractivity contribution in [3.05, 3.63) is 0 Å². The summed E-state index contributed by atoms with van der Waals surface area (Å²) in [6, 6.07) is 0. The molecule has 0 aromatic carbocycles. The van der Waals surface area contributed by atoms with Crippen molar-refractivity contribution in [1.29, 1.82) is 0 Å². The molecule has 1 aliphatic heterocycles. The summed E-state index contributed by atoms with van der Waals surface area (Å²) in [5.41, 5.74) is 0.447. The maximum Gasteiger partial charge on any atom is 0.0688 e. The van der Waals surface area contributed by atoms with Crippen molar-refractivity contribution in [2.75, 3.05) is 6.61 Å². The highest BCUT2D eigenvalue weighted by atomic mass is 35.5. The summed E-state index contributed by atoms with van der Waals surface area (Å²) in [5, 5.41) is 0.448. The van der Waals surface area contributed by atoms with Crippen LogP contribution in [-0.4, -0.2) is 18.1 Å². The van der Waals surface area contributed by atoms with Crippen LogP contribution in [0.1, 0.15) is 25.7 Å². The molecule has 2 aliphatic carbocycles. The lowest BCUT2D eigenvalue weighted by Crippen LogP contribution is -2.63. The minimum atomic E-state index is 0.447. The van der Waals surface area contributed by atoms with Gasteiger partial charge in [-0.2, -0.15) is 0 Å². The average molecular weight is 173 g/mol. The molecule has 0 aromatic heterocycles. The van der Waals surface area contributed by atoms with Crippen molar-refractivity contribution >= 4 is 11.6 Å². The predicted molar refractivity (Wildman–Crippen MR) is 43.8 cm³/mol. The van der Waals surface area contributed by atoms with Crippen LogP contribution in [0.25, 0.3) is 0 Å². The number of halogens is 1. The fourth-order valence-electron chi connectivity index (χ4n) is 3.11. The van der Waals surface area contributed by atoms with Gasteiger partial charge >= 0.3 is 0 Å². The molecule has 62 valence electrons. The normalized spacial score (nSPS) is 51.5. The van der Waals surface area contributed by atoms with Crippen LogP contribution in [-0.2, 0) is 4.74 Å². The Morgan fingerprint density at radius 1 is 1.36 bits per heavy atom. The summed E-state index contributed by atoms with van der Waals surface area (Å²) >= 11 is 6.33. The number of rotatable bonds is 0. The Morgan fingerprint density at radius 3 is 2.82 bits per heavy atom. The molecule has 3 fully saturated rings. The summed E-state index contributed by atoms with van der Waals surface area (Å²) in [7, 11) is 0. The monoisotopic (exact) mass is 172 g/mol. The quantitative estimate of drug-likeness (QED) is 0.509. The topological polar surface area (TPSA) is 9.23 Å². The van der Waals surface area contributed by atoms with E-state index >= 15 is 0 Å². The van der Waals surface area contributed by atoms with Crippen molar-refractivity contribution in [3.63, 3.8) is 0 Å². The molecule has 2 saturated carbocycles. The molecule has 0 amide bonds. The highest BCUT2D eigenvalue weighted by Gasteiger charge is 2.65. The molecule has 3 aliphatic rings. The summed E-state index contributed by atoms with van der Waals surface area (Å²) in [4.78, 5) is 0. The zero-order valence-corrected chi connectivity index (χ0v) is 7.31. The maximum atomic E-state index is 6.33. The first-order chi connectivity index (χ1) is 5.34. The molecule has 11 heavy (non-hydrogen) atoms. The first kappa shape index (κ1) is 6.73. The van der Waals surface area contributed by atoms with Gasteiger partial charge in [-0.25, -0.2) is 0 Å². The third kappa shape index (κ3) is 0.595. The van der Waals surface area contributed by atoms with Gasteiger partial charge in [-0.15, -0.1) is 11.6 Å². The fourth-order valence-corrected chi connectivity index (χ4v) is 3.71. The Balaban J connectivity index is 1.86. The van der Waals surface area contributed by atoms with E-state index in [4.69, 9.17) is 16.3 Å². The first-order valence-electron chi connectivity index (χ1n) is 4.60. The zero-order valence-electron chi connectivity index (χ0n) is 6.55. The van der Waals surface area contributed by atoms with Gasteiger partial charge in [-0.05, 0) is 19.3 Å². The average Bonchev–Trinajstić information content (AvgIpc) is 2.29. The summed E-state index contributed by atoms with van der Waals surface area (Å²) < 4.78 is 5.70. The molecule has 0 bridgehead atoms. The largest absolute Gasteiger partial charge is 0.377 e. The van der Waals surface area contributed by atoms with Gasteiger partial charge in [0.2, 0.25) is 0 Å². The highest BCUT2D eigenvalue weighted by Crippen LogP contribution is 2.64. The van der Waals surface area contributed by atoms with Gasteiger partial charge in [-0.1, -0.05) is 6.42 Å². The zero-order chi connectivity index (χ0) is 7.47. The van der Waals surface area contributed by atoms with Gasteiger partial charge < -0.3 is 4.74 Å². The Morgan fingerprint density at radius 2 is 2.18 bits per heavy atom. The Hall–Kier alpha value is 0.250. The molecule has 1 nitrogen and oxygen atoms in total. The molecule has 3 unspecified atom stereocenters. The van der Waals surface area contributed by atoms with Crippen LogP contribution in [0.15, 0.2) is 0 Å². The van der Waals surface area contributed by atoms with Gasteiger partial charge in [0.05, 0.1) is 6.10 Å². The van der Waals surface area contributed by atoms with E-state index in [1.54, 1.807) is 0 Å². The second-order valence-corrected chi connectivity index (χ2v) is 4.70. The number of hydrogen-bond acceptors (Lipinski definition) is 1. The van der Waals surface area contributed by atoms with Crippen LogP contribution in [0, 0.1) is 11.3 Å². The van der Waals surface area contributed by atoms with Crippen molar-refractivity contribution in [2.24, 2.45) is 11.3 Å². The third-order valence-electron chi connectivity index (χ3n) is 3.91. The second kappa shape index (κ2) is 1.94. The van der Waals surface area contributed by atoms with Gasteiger partial charge in [0.15, 0.2) is 0 Å². The van der Waals surface area contributed by atoms with Gasteiger partial charge in [0, 0.05) is 23.3 Å². The molecular weight excluding hydrogens is 160 g/mol. The highest BCUT2D eigenvalue weighted by molar-refractivity contribution is 6.22. The SMILES string of the molecule is ClC1C2CCOC2C12CCC2. The molecule has 0 aromatic rings. The Kier molecular flexibility index (Phi) is 1.19. The number of ether oxygens (including phenoxy) is 1. The van der Waals surface area contributed by atoms with Crippen LogP contribution in [0.3, 0.4) is 0 Å². The third-order valence-corrected chi connectivity index (χ3v) is 4.67. The lowest BCUT2D eigenvalue weighted by atomic mass is 9.49. The predicted octanol–water partition coefficient (Wildman–Crippen LogP) is 2.18. The molecular formula is C9H13ClO. The molecule has 1 heterocycles. The fraction of sp³-hybridized carbons (Fsp3) is 1.00. The van der Waals surface area contributed by atoms with Crippen LogP contribution < -0.4 is 0 Å². The minimum Gasteiger partial charge on any atom is -0.377 e. The van der Waals surface area contributed by atoms with Crippen molar-refractivity contribution < 1.29 is 4.74 Å². The van der Waals surface area contributed by atoms with E-state index in [2.05, 4.69) is 0 Å². The number of alkyl halides is 1. The van der Waals surface area contributed by atoms with Crippen LogP contribution >= 0.6 is 11.6 Å². The summed E-state index contributed by atoms with van der Waals surface area (Å²) in [6.07, 6.45) is 5.78. The molecule has 0 N–H and O–H groups in total. The molecule has 1 spiro atoms. The van der Waals surface area contributed by atoms with Crippen LogP contribution in [0.4, 0.5) is 0 Å². The minimum absolute atomic E-state index is 0.447. The van der Waals surface area contributed by atoms with E-state index in [1.807, 2.05) is 0 Å². The Labute approximate surface area is 72.1 Å². The Bertz CT molecular complexity index is 188. The number of hydrogen-bond donors (Lipinski definition) is 0. The van der Waals surface area contributed by atoms with E-state index < -0.39 is 0 Å². The van der Waals surface area contributed by atoms with E-state index in [0.29, 0.717) is 22.8 Å². The molecule has 1 saturated heterocycles. The second-order valence-electron chi connectivity index (χ2n) is 4.23. The van der Waals surface area contributed by atoms with Crippen LogP contribution in [0.5, 0.6) is 0 Å². The summed E-state index contributed by atoms with van der Waals surface area (Å²) in [5.74, 6) is 0.706. The molecule has 2 heteroatoms. The lowest BCUT2D eigenvalue weighted by molar-refractivity contribution is -0.142. The van der Waals surface area contributed by atoms with E-state index in [0.717, 1.165) is 6.61 Å². The van der Waals surface area contributed by atoms with Crippen LogP contribution in [0.2, 0.25) is 0 Å².